The molecule has 2 fully saturated rings. The second kappa shape index (κ2) is 6.55. The van der Waals surface area contributed by atoms with Crippen LogP contribution in [0.4, 0.5) is 5.69 Å². The molecule has 2 amide bonds. The minimum Gasteiger partial charge on any atom is -0.378 e. The van der Waals surface area contributed by atoms with E-state index >= 15 is 0 Å². The van der Waals surface area contributed by atoms with Crippen molar-refractivity contribution in [2.24, 2.45) is 11.8 Å². The van der Waals surface area contributed by atoms with Crippen LogP contribution in [-0.2, 0) is 19.7 Å². The zero-order valence-corrected chi connectivity index (χ0v) is 14.7. The van der Waals surface area contributed by atoms with Crippen molar-refractivity contribution in [1.29, 1.82) is 0 Å². The van der Waals surface area contributed by atoms with Gasteiger partial charge in [-0.2, -0.15) is 0 Å². The molecule has 5 heteroatoms. The standard InChI is InChI=1S/C19H26N2O3/c1-19(2,3)15-6-4-5-7-16(15)20-17(22)13-12-14(13)18(23)21-8-10-24-11-9-21/h4-7,13-14H,8-12H2,1-3H3,(H,20,22). The van der Waals surface area contributed by atoms with Crippen LogP contribution in [0.15, 0.2) is 24.3 Å². The summed E-state index contributed by atoms with van der Waals surface area (Å²) >= 11 is 0. The zero-order chi connectivity index (χ0) is 17.3. The molecule has 1 heterocycles. The van der Waals surface area contributed by atoms with Gasteiger partial charge in [-0.15, -0.1) is 0 Å². The monoisotopic (exact) mass is 330 g/mol. The van der Waals surface area contributed by atoms with Crippen LogP contribution in [0.1, 0.15) is 32.8 Å². The molecule has 0 radical (unpaired) electrons. The Morgan fingerprint density at radius 1 is 1.12 bits per heavy atom. The van der Waals surface area contributed by atoms with E-state index in [0.717, 1.165) is 11.3 Å². The molecule has 1 saturated heterocycles. The summed E-state index contributed by atoms with van der Waals surface area (Å²) in [6.07, 6.45) is 0.652. The molecule has 3 rings (SSSR count). The highest BCUT2D eigenvalue weighted by Crippen LogP contribution is 2.41. The number of hydrogen-bond acceptors (Lipinski definition) is 3. The van der Waals surface area contributed by atoms with Gasteiger partial charge < -0.3 is 15.0 Å². The molecular formula is C19H26N2O3. The molecule has 1 aliphatic carbocycles. The van der Waals surface area contributed by atoms with Gasteiger partial charge in [0.1, 0.15) is 0 Å². The van der Waals surface area contributed by atoms with E-state index in [1.54, 1.807) is 0 Å². The second-order valence-corrected chi connectivity index (χ2v) is 7.67. The number of carbonyl (C=O) groups is 2. The highest BCUT2D eigenvalue weighted by Gasteiger charge is 2.49. The molecule has 1 saturated carbocycles. The lowest BCUT2D eigenvalue weighted by Crippen LogP contribution is -2.42. The first-order chi connectivity index (χ1) is 11.4. The van der Waals surface area contributed by atoms with Gasteiger partial charge in [0.25, 0.3) is 0 Å². The Balaban J connectivity index is 1.62. The lowest BCUT2D eigenvalue weighted by atomic mass is 9.86. The maximum absolute atomic E-state index is 12.5. The molecular weight excluding hydrogens is 304 g/mol. The number of anilines is 1. The van der Waals surface area contributed by atoms with Crippen LogP contribution in [0.2, 0.25) is 0 Å². The maximum atomic E-state index is 12.5. The molecule has 1 N–H and O–H groups in total. The van der Waals surface area contributed by atoms with Crippen LogP contribution in [0.5, 0.6) is 0 Å². The van der Waals surface area contributed by atoms with Crippen molar-refractivity contribution in [2.45, 2.75) is 32.6 Å². The van der Waals surface area contributed by atoms with Gasteiger partial charge in [0.2, 0.25) is 11.8 Å². The van der Waals surface area contributed by atoms with Crippen LogP contribution in [0.25, 0.3) is 0 Å². The summed E-state index contributed by atoms with van der Waals surface area (Å²) in [6, 6.07) is 7.88. The molecule has 0 aromatic heterocycles. The van der Waals surface area contributed by atoms with E-state index < -0.39 is 0 Å². The van der Waals surface area contributed by atoms with Crippen LogP contribution >= 0.6 is 0 Å². The normalized spacial score (nSPS) is 23.7. The SMILES string of the molecule is CC(C)(C)c1ccccc1NC(=O)C1CC1C(=O)N1CCOCC1. The largest absolute Gasteiger partial charge is 0.378 e. The van der Waals surface area contributed by atoms with Crippen molar-refractivity contribution in [2.75, 3.05) is 31.6 Å². The minimum absolute atomic E-state index is 0.0432. The predicted molar refractivity (Wildman–Crippen MR) is 92.8 cm³/mol. The Morgan fingerprint density at radius 3 is 2.46 bits per heavy atom. The van der Waals surface area contributed by atoms with Crippen molar-refractivity contribution in [3.8, 4) is 0 Å². The molecule has 2 aliphatic rings. The Hall–Kier alpha value is -1.88. The predicted octanol–water partition coefficient (Wildman–Crippen LogP) is 2.42. The highest BCUT2D eigenvalue weighted by atomic mass is 16.5. The van der Waals surface area contributed by atoms with Crippen molar-refractivity contribution in [3.05, 3.63) is 29.8 Å². The number of rotatable bonds is 3. The van der Waals surface area contributed by atoms with Gasteiger partial charge in [0.05, 0.1) is 25.0 Å². The number of amides is 2. The Bertz CT molecular complexity index is 630. The summed E-state index contributed by atoms with van der Waals surface area (Å²) in [5.74, 6) is -0.306. The van der Waals surface area contributed by atoms with Gasteiger partial charge >= 0.3 is 0 Å². The Kier molecular flexibility index (Phi) is 4.63. The van der Waals surface area contributed by atoms with Gasteiger partial charge in [0.15, 0.2) is 0 Å². The summed E-state index contributed by atoms with van der Waals surface area (Å²) in [6.45, 7) is 8.83. The third-order valence-electron chi connectivity index (χ3n) is 4.76. The van der Waals surface area contributed by atoms with Crippen molar-refractivity contribution in [3.63, 3.8) is 0 Å². The minimum atomic E-state index is -0.201. The fourth-order valence-corrected chi connectivity index (χ4v) is 3.25. The number of nitrogens with zero attached hydrogens (tertiary/aromatic N) is 1. The Morgan fingerprint density at radius 2 is 1.79 bits per heavy atom. The molecule has 0 spiro atoms. The van der Waals surface area contributed by atoms with E-state index in [1.165, 1.54) is 0 Å². The molecule has 2 unspecified atom stereocenters. The van der Waals surface area contributed by atoms with E-state index in [1.807, 2.05) is 29.2 Å². The number of nitrogens with one attached hydrogen (secondary N) is 1. The fraction of sp³-hybridized carbons (Fsp3) is 0.579. The third kappa shape index (κ3) is 3.61. The van der Waals surface area contributed by atoms with E-state index in [4.69, 9.17) is 4.74 Å². The van der Waals surface area contributed by atoms with Gasteiger partial charge in [-0.25, -0.2) is 0 Å². The molecule has 2 atom stereocenters. The van der Waals surface area contributed by atoms with E-state index in [-0.39, 0.29) is 29.1 Å². The van der Waals surface area contributed by atoms with E-state index in [2.05, 4.69) is 26.1 Å². The highest BCUT2D eigenvalue weighted by molar-refractivity contribution is 6.00. The van der Waals surface area contributed by atoms with Crippen molar-refractivity contribution < 1.29 is 14.3 Å². The number of carbonyl (C=O) groups excluding carboxylic acids is 2. The lowest BCUT2D eigenvalue weighted by molar-refractivity contribution is -0.137. The van der Waals surface area contributed by atoms with Crippen molar-refractivity contribution in [1.82, 2.24) is 4.90 Å². The molecule has 1 aromatic carbocycles. The fourth-order valence-electron chi connectivity index (χ4n) is 3.25. The Labute approximate surface area is 143 Å². The molecule has 1 aliphatic heterocycles. The topological polar surface area (TPSA) is 58.6 Å². The van der Waals surface area contributed by atoms with Crippen LogP contribution in [-0.4, -0.2) is 43.0 Å². The average Bonchev–Trinajstić information content (AvgIpc) is 3.35. The quantitative estimate of drug-likeness (QED) is 0.926. The number of para-hydroxylation sites is 1. The molecule has 24 heavy (non-hydrogen) atoms. The molecule has 0 bridgehead atoms. The average molecular weight is 330 g/mol. The van der Waals surface area contributed by atoms with Gasteiger partial charge in [-0.3, -0.25) is 9.59 Å². The number of hydrogen-bond donors (Lipinski definition) is 1. The zero-order valence-electron chi connectivity index (χ0n) is 14.7. The summed E-state index contributed by atoms with van der Waals surface area (Å²) < 4.78 is 5.28. The number of morpholine rings is 1. The summed E-state index contributed by atoms with van der Waals surface area (Å²) in [4.78, 5) is 26.8. The lowest BCUT2D eigenvalue weighted by Gasteiger charge is -2.27. The van der Waals surface area contributed by atoms with Crippen LogP contribution < -0.4 is 5.32 Å². The van der Waals surface area contributed by atoms with Crippen molar-refractivity contribution >= 4 is 17.5 Å². The number of benzene rings is 1. The smallest absolute Gasteiger partial charge is 0.228 e. The first kappa shape index (κ1) is 17.0. The summed E-state index contributed by atoms with van der Waals surface area (Å²) in [7, 11) is 0. The van der Waals surface area contributed by atoms with Gasteiger partial charge in [-0.1, -0.05) is 39.0 Å². The second-order valence-electron chi connectivity index (χ2n) is 7.67. The maximum Gasteiger partial charge on any atom is 0.228 e. The molecule has 130 valence electrons. The molecule has 5 nitrogen and oxygen atoms in total. The van der Waals surface area contributed by atoms with E-state index in [9.17, 15) is 9.59 Å². The first-order valence-electron chi connectivity index (χ1n) is 8.65. The number of ether oxygens (including phenoxy) is 1. The van der Waals surface area contributed by atoms with E-state index in [0.29, 0.717) is 32.7 Å². The van der Waals surface area contributed by atoms with Crippen LogP contribution in [0, 0.1) is 11.8 Å². The van der Waals surface area contributed by atoms with Gasteiger partial charge in [0, 0.05) is 18.8 Å². The third-order valence-corrected chi connectivity index (χ3v) is 4.76. The van der Waals surface area contributed by atoms with Crippen LogP contribution in [0.3, 0.4) is 0 Å². The summed E-state index contributed by atoms with van der Waals surface area (Å²) in [5.41, 5.74) is 1.91. The summed E-state index contributed by atoms with van der Waals surface area (Å²) in [5, 5.41) is 3.03. The first-order valence-corrected chi connectivity index (χ1v) is 8.65. The van der Waals surface area contributed by atoms with Gasteiger partial charge in [-0.05, 0) is 23.5 Å². The molecule has 1 aromatic rings.